The molecule has 9 heteroatoms. The van der Waals surface area contributed by atoms with Gasteiger partial charge in [0.25, 0.3) is 11.8 Å². The Labute approximate surface area is 167 Å². The van der Waals surface area contributed by atoms with Crippen LogP contribution in [-0.4, -0.2) is 54.8 Å². The molecule has 9 nitrogen and oxygen atoms in total. The van der Waals surface area contributed by atoms with Crippen LogP contribution in [0, 0.1) is 11.8 Å². The summed E-state index contributed by atoms with van der Waals surface area (Å²) in [5, 5.41) is 2.10. The van der Waals surface area contributed by atoms with E-state index in [2.05, 4.69) is 5.32 Å². The summed E-state index contributed by atoms with van der Waals surface area (Å²) in [5.41, 5.74) is 0.158. The summed E-state index contributed by atoms with van der Waals surface area (Å²) in [5.74, 6) is -3.54. The maximum absolute atomic E-state index is 12.3. The van der Waals surface area contributed by atoms with Gasteiger partial charge in [-0.2, -0.15) is 0 Å². The topological polar surface area (TPSA) is 119 Å². The summed E-state index contributed by atoms with van der Waals surface area (Å²) in [6, 6.07) is 6.35. The fourth-order valence-electron chi connectivity index (χ4n) is 3.77. The number of rotatable bonds is 6. The van der Waals surface area contributed by atoms with Gasteiger partial charge in [-0.25, -0.2) is 0 Å². The molecule has 0 aromatic heterocycles. The van der Waals surface area contributed by atoms with Crippen molar-refractivity contribution in [2.75, 3.05) is 20.3 Å². The van der Waals surface area contributed by atoms with Gasteiger partial charge in [0, 0.05) is 0 Å². The van der Waals surface area contributed by atoms with Crippen LogP contribution in [-0.2, 0) is 23.9 Å². The van der Waals surface area contributed by atoms with Crippen LogP contribution in [0.15, 0.2) is 24.3 Å². The monoisotopic (exact) mass is 402 g/mol. The number of hydrogen-bond donors (Lipinski definition) is 1. The maximum Gasteiger partial charge on any atom is 0.326 e. The molecule has 1 aromatic carbocycles. The predicted octanol–water partition coefficient (Wildman–Crippen LogP) is 0.670. The van der Waals surface area contributed by atoms with Gasteiger partial charge in [-0.05, 0) is 25.0 Å². The molecule has 2 atom stereocenters. The number of hydrogen-bond acceptors (Lipinski definition) is 7. The van der Waals surface area contributed by atoms with E-state index in [4.69, 9.17) is 9.47 Å². The number of para-hydroxylation sites is 1. The van der Waals surface area contributed by atoms with Crippen LogP contribution in [0.5, 0.6) is 5.75 Å². The number of imide groups is 2. The van der Waals surface area contributed by atoms with Gasteiger partial charge in [0.15, 0.2) is 6.61 Å². The minimum atomic E-state index is -0.884. The molecular formula is C20H22N2O7. The Balaban J connectivity index is 1.49. The number of methoxy groups -OCH3 is 1. The van der Waals surface area contributed by atoms with E-state index in [0.717, 1.165) is 17.7 Å². The molecule has 0 radical (unpaired) electrons. The van der Waals surface area contributed by atoms with Crippen molar-refractivity contribution in [1.82, 2.24) is 10.2 Å². The lowest BCUT2D eigenvalue weighted by molar-refractivity contribution is -0.154. The summed E-state index contributed by atoms with van der Waals surface area (Å²) in [4.78, 5) is 61.7. The number of likely N-dealkylation sites (tertiary alicyclic amines) is 1. The molecule has 154 valence electrons. The van der Waals surface area contributed by atoms with Crippen LogP contribution in [0.1, 0.15) is 36.0 Å². The van der Waals surface area contributed by atoms with E-state index in [1.165, 1.54) is 13.2 Å². The Morgan fingerprint density at radius 1 is 1.07 bits per heavy atom. The van der Waals surface area contributed by atoms with E-state index in [1.807, 2.05) is 0 Å². The number of carbonyl (C=O) groups excluding carboxylic acids is 5. The third kappa shape index (κ3) is 4.44. The molecule has 1 heterocycles. The number of nitrogens with zero attached hydrogens (tertiary/aromatic N) is 1. The van der Waals surface area contributed by atoms with Gasteiger partial charge in [-0.3, -0.25) is 34.2 Å². The van der Waals surface area contributed by atoms with E-state index >= 15 is 0 Å². The number of esters is 1. The van der Waals surface area contributed by atoms with E-state index < -0.39 is 30.9 Å². The van der Waals surface area contributed by atoms with Crippen molar-refractivity contribution in [2.24, 2.45) is 11.8 Å². The van der Waals surface area contributed by atoms with Crippen molar-refractivity contribution >= 4 is 29.6 Å². The molecule has 1 aliphatic heterocycles. The summed E-state index contributed by atoms with van der Waals surface area (Å²) >= 11 is 0. The third-order valence-electron chi connectivity index (χ3n) is 5.19. The highest BCUT2D eigenvalue weighted by atomic mass is 16.5. The van der Waals surface area contributed by atoms with Crippen molar-refractivity contribution in [3.8, 4) is 5.75 Å². The van der Waals surface area contributed by atoms with E-state index in [1.54, 1.807) is 18.2 Å². The zero-order valence-electron chi connectivity index (χ0n) is 16.0. The van der Waals surface area contributed by atoms with E-state index in [0.29, 0.717) is 18.6 Å². The van der Waals surface area contributed by atoms with Crippen molar-refractivity contribution in [3.63, 3.8) is 0 Å². The second-order valence-corrected chi connectivity index (χ2v) is 7.00. The first kappa shape index (κ1) is 20.5. The Kier molecular flexibility index (Phi) is 6.26. The zero-order chi connectivity index (χ0) is 21.0. The lowest BCUT2D eigenvalue weighted by Gasteiger charge is -2.19. The SMILES string of the molecule is COc1ccccc1C(=O)NC(=O)COC(=O)CN1C(=O)[C@H]2CCCC[C@H]2C1=O. The van der Waals surface area contributed by atoms with Crippen molar-refractivity contribution in [1.29, 1.82) is 0 Å². The van der Waals surface area contributed by atoms with Gasteiger partial charge in [0.2, 0.25) is 11.8 Å². The van der Waals surface area contributed by atoms with Gasteiger partial charge >= 0.3 is 5.97 Å². The lowest BCUT2D eigenvalue weighted by Crippen LogP contribution is -2.39. The second-order valence-electron chi connectivity index (χ2n) is 7.00. The predicted molar refractivity (Wildman–Crippen MR) is 98.6 cm³/mol. The van der Waals surface area contributed by atoms with Gasteiger partial charge in [-0.1, -0.05) is 25.0 Å². The highest BCUT2D eigenvalue weighted by Gasteiger charge is 2.48. The maximum atomic E-state index is 12.3. The quantitative estimate of drug-likeness (QED) is 0.549. The molecule has 2 fully saturated rings. The lowest BCUT2D eigenvalue weighted by atomic mass is 9.81. The van der Waals surface area contributed by atoms with Crippen LogP contribution in [0.2, 0.25) is 0 Å². The summed E-state index contributed by atoms with van der Waals surface area (Å²) in [7, 11) is 1.40. The van der Waals surface area contributed by atoms with Gasteiger partial charge in [0.1, 0.15) is 12.3 Å². The molecule has 4 amide bonds. The number of amides is 4. The Bertz CT molecular complexity index is 827. The summed E-state index contributed by atoms with van der Waals surface area (Å²) in [6.45, 7) is -1.23. The fraction of sp³-hybridized carbons (Fsp3) is 0.450. The standard InChI is InChI=1S/C20H22N2O7/c1-28-15-9-5-4-8-14(15)18(25)21-16(23)11-29-17(24)10-22-19(26)12-6-2-3-7-13(12)20(22)27/h4-5,8-9,12-13H,2-3,6-7,10-11H2,1H3,(H,21,23,25)/t12-,13+. The number of fused-ring (bicyclic) bond motifs is 1. The molecule has 2 aliphatic rings. The highest BCUT2D eigenvalue weighted by molar-refractivity contribution is 6.08. The highest BCUT2D eigenvalue weighted by Crippen LogP contribution is 2.37. The average molecular weight is 402 g/mol. The van der Waals surface area contributed by atoms with Crippen LogP contribution >= 0.6 is 0 Å². The van der Waals surface area contributed by atoms with Gasteiger partial charge in [-0.15, -0.1) is 0 Å². The van der Waals surface area contributed by atoms with Crippen molar-refractivity contribution in [3.05, 3.63) is 29.8 Å². The number of benzene rings is 1. The van der Waals surface area contributed by atoms with Crippen LogP contribution in [0.3, 0.4) is 0 Å². The molecule has 0 unspecified atom stereocenters. The molecule has 1 N–H and O–H groups in total. The van der Waals surface area contributed by atoms with Crippen LogP contribution in [0.25, 0.3) is 0 Å². The molecule has 1 aliphatic carbocycles. The Hall–Kier alpha value is -3.23. The molecule has 1 aromatic rings. The first-order chi connectivity index (χ1) is 13.9. The van der Waals surface area contributed by atoms with Crippen molar-refractivity contribution in [2.45, 2.75) is 25.7 Å². The van der Waals surface area contributed by atoms with E-state index in [-0.39, 0.29) is 29.2 Å². The fourth-order valence-corrected chi connectivity index (χ4v) is 3.77. The molecule has 3 rings (SSSR count). The second kappa shape index (κ2) is 8.85. The molecular weight excluding hydrogens is 380 g/mol. The van der Waals surface area contributed by atoms with Crippen LogP contribution < -0.4 is 10.1 Å². The Morgan fingerprint density at radius 3 is 2.31 bits per heavy atom. The number of nitrogens with one attached hydrogen (secondary N) is 1. The molecule has 29 heavy (non-hydrogen) atoms. The van der Waals surface area contributed by atoms with Gasteiger partial charge in [0.05, 0.1) is 24.5 Å². The minimum Gasteiger partial charge on any atom is -0.496 e. The third-order valence-corrected chi connectivity index (χ3v) is 5.19. The largest absolute Gasteiger partial charge is 0.496 e. The first-order valence-corrected chi connectivity index (χ1v) is 9.40. The molecule has 0 bridgehead atoms. The molecule has 1 saturated heterocycles. The smallest absolute Gasteiger partial charge is 0.326 e. The van der Waals surface area contributed by atoms with Crippen molar-refractivity contribution < 1.29 is 33.4 Å². The van der Waals surface area contributed by atoms with E-state index in [9.17, 15) is 24.0 Å². The van der Waals surface area contributed by atoms with Gasteiger partial charge < -0.3 is 9.47 Å². The normalized spacial score (nSPS) is 20.8. The summed E-state index contributed by atoms with van der Waals surface area (Å²) < 4.78 is 9.88. The minimum absolute atomic E-state index is 0.158. The van der Waals surface area contributed by atoms with Crippen LogP contribution in [0.4, 0.5) is 0 Å². The zero-order valence-corrected chi connectivity index (χ0v) is 16.0. The Morgan fingerprint density at radius 2 is 1.69 bits per heavy atom. The molecule has 0 spiro atoms. The molecule has 1 saturated carbocycles. The summed E-state index contributed by atoms with van der Waals surface area (Å²) in [6.07, 6.45) is 3.07. The number of ether oxygens (including phenoxy) is 2. The number of carbonyl (C=O) groups is 5. The average Bonchev–Trinajstić information content (AvgIpc) is 2.97. The first-order valence-electron chi connectivity index (χ1n) is 9.40.